The molecule has 2 aromatic carbocycles. The topological polar surface area (TPSA) is 68.4 Å². The molecule has 0 unspecified atom stereocenters. The van der Waals surface area contributed by atoms with E-state index in [1.54, 1.807) is 20.1 Å². The van der Waals surface area contributed by atoms with Gasteiger partial charge in [0.1, 0.15) is 5.75 Å². The van der Waals surface area contributed by atoms with Crippen LogP contribution in [0.3, 0.4) is 0 Å². The molecule has 0 amide bonds. The normalized spacial score (nSPS) is 16.5. The SMILES string of the molecule is CCOC(=O)/C1=C(\c2ccccc2)c2c([nH]c3ccc(OC)cc3c2=O)CCCC1. The molecule has 30 heavy (non-hydrogen) atoms. The van der Waals surface area contributed by atoms with Gasteiger partial charge in [-0.25, -0.2) is 4.79 Å². The predicted octanol–water partition coefficient (Wildman–Crippen LogP) is 4.63. The number of rotatable bonds is 4. The van der Waals surface area contributed by atoms with E-state index in [9.17, 15) is 9.59 Å². The number of esters is 1. The van der Waals surface area contributed by atoms with Crippen LogP contribution in [-0.2, 0) is 16.0 Å². The molecule has 0 aliphatic heterocycles. The fraction of sp³-hybridized carbons (Fsp3) is 0.280. The van der Waals surface area contributed by atoms with Gasteiger partial charge in [-0.15, -0.1) is 0 Å². The van der Waals surface area contributed by atoms with E-state index in [1.807, 2.05) is 42.5 Å². The third-order valence-corrected chi connectivity index (χ3v) is 5.53. The number of hydrogen-bond donors (Lipinski definition) is 1. The first-order valence-corrected chi connectivity index (χ1v) is 10.3. The Morgan fingerprint density at radius 1 is 1.07 bits per heavy atom. The van der Waals surface area contributed by atoms with E-state index in [0.29, 0.717) is 40.9 Å². The molecule has 1 aliphatic carbocycles. The van der Waals surface area contributed by atoms with Crippen molar-refractivity contribution in [3.63, 3.8) is 0 Å². The van der Waals surface area contributed by atoms with Crippen LogP contribution < -0.4 is 10.2 Å². The Morgan fingerprint density at radius 3 is 2.57 bits per heavy atom. The summed E-state index contributed by atoms with van der Waals surface area (Å²) in [6.45, 7) is 2.09. The highest BCUT2D eigenvalue weighted by Crippen LogP contribution is 2.34. The van der Waals surface area contributed by atoms with Gasteiger partial charge in [0.25, 0.3) is 0 Å². The number of benzene rings is 2. The van der Waals surface area contributed by atoms with Gasteiger partial charge in [-0.3, -0.25) is 4.79 Å². The second kappa shape index (κ2) is 8.57. The van der Waals surface area contributed by atoms with Crippen molar-refractivity contribution in [1.82, 2.24) is 4.98 Å². The Bertz CT molecular complexity index is 1170. The molecule has 0 spiro atoms. The zero-order valence-electron chi connectivity index (χ0n) is 17.3. The molecule has 1 heterocycles. The van der Waals surface area contributed by atoms with Crippen LogP contribution in [-0.4, -0.2) is 24.7 Å². The van der Waals surface area contributed by atoms with Crippen molar-refractivity contribution in [3.05, 3.63) is 81.1 Å². The number of methoxy groups -OCH3 is 1. The van der Waals surface area contributed by atoms with E-state index in [-0.39, 0.29) is 11.4 Å². The van der Waals surface area contributed by atoms with Gasteiger partial charge < -0.3 is 14.5 Å². The maximum Gasteiger partial charge on any atom is 0.334 e. The Labute approximate surface area is 175 Å². The summed E-state index contributed by atoms with van der Waals surface area (Å²) in [5.41, 5.74) is 4.18. The van der Waals surface area contributed by atoms with Crippen LogP contribution in [0.1, 0.15) is 43.0 Å². The summed E-state index contributed by atoms with van der Waals surface area (Å²) in [5, 5.41) is 0.547. The lowest BCUT2D eigenvalue weighted by atomic mass is 9.85. The van der Waals surface area contributed by atoms with Crippen molar-refractivity contribution in [2.75, 3.05) is 13.7 Å². The smallest absolute Gasteiger partial charge is 0.334 e. The third kappa shape index (κ3) is 3.63. The van der Waals surface area contributed by atoms with Crippen LogP contribution >= 0.6 is 0 Å². The molecule has 0 saturated carbocycles. The summed E-state index contributed by atoms with van der Waals surface area (Å²) >= 11 is 0. The molecule has 5 nitrogen and oxygen atoms in total. The van der Waals surface area contributed by atoms with Crippen molar-refractivity contribution >= 4 is 22.4 Å². The maximum absolute atomic E-state index is 13.8. The number of aromatic nitrogens is 1. The van der Waals surface area contributed by atoms with E-state index in [4.69, 9.17) is 9.47 Å². The minimum absolute atomic E-state index is 0.0970. The number of carbonyl (C=O) groups excluding carboxylic acids is 1. The van der Waals surface area contributed by atoms with Gasteiger partial charge in [0, 0.05) is 27.7 Å². The lowest BCUT2D eigenvalue weighted by Crippen LogP contribution is -2.20. The maximum atomic E-state index is 13.8. The first-order valence-electron chi connectivity index (χ1n) is 10.3. The second-order valence-corrected chi connectivity index (χ2v) is 7.37. The van der Waals surface area contributed by atoms with Crippen molar-refractivity contribution in [1.29, 1.82) is 0 Å². The number of pyridine rings is 1. The van der Waals surface area contributed by atoms with Crippen molar-refractivity contribution in [3.8, 4) is 5.75 Å². The molecule has 0 saturated heterocycles. The molecule has 4 rings (SSSR count). The van der Waals surface area contributed by atoms with Crippen molar-refractivity contribution < 1.29 is 14.3 Å². The zero-order valence-corrected chi connectivity index (χ0v) is 17.3. The number of ether oxygens (including phenoxy) is 2. The molecular formula is C25H25NO4. The number of hydrogen-bond acceptors (Lipinski definition) is 4. The Hall–Kier alpha value is -3.34. The van der Waals surface area contributed by atoms with Crippen LogP contribution in [0.2, 0.25) is 0 Å². The van der Waals surface area contributed by atoms with E-state index >= 15 is 0 Å². The highest BCUT2D eigenvalue weighted by molar-refractivity contribution is 6.03. The van der Waals surface area contributed by atoms with E-state index < -0.39 is 0 Å². The van der Waals surface area contributed by atoms with E-state index in [0.717, 1.165) is 36.0 Å². The highest BCUT2D eigenvalue weighted by Gasteiger charge is 2.26. The second-order valence-electron chi connectivity index (χ2n) is 7.37. The minimum Gasteiger partial charge on any atom is -0.497 e. The lowest BCUT2D eigenvalue weighted by molar-refractivity contribution is -0.138. The predicted molar refractivity (Wildman–Crippen MR) is 118 cm³/mol. The quantitative estimate of drug-likeness (QED) is 0.645. The van der Waals surface area contributed by atoms with Gasteiger partial charge in [0.15, 0.2) is 5.43 Å². The van der Waals surface area contributed by atoms with Gasteiger partial charge in [-0.2, -0.15) is 0 Å². The first kappa shape index (κ1) is 20.0. The van der Waals surface area contributed by atoms with Gasteiger partial charge >= 0.3 is 5.97 Å². The number of H-pyrrole nitrogens is 1. The zero-order chi connectivity index (χ0) is 21.1. The van der Waals surface area contributed by atoms with E-state index in [1.165, 1.54) is 0 Å². The summed E-state index contributed by atoms with van der Waals surface area (Å²) in [4.78, 5) is 30.1. The van der Waals surface area contributed by atoms with Crippen LogP contribution in [0.5, 0.6) is 5.75 Å². The van der Waals surface area contributed by atoms with Gasteiger partial charge in [-0.05, 0) is 56.4 Å². The monoisotopic (exact) mass is 403 g/mol. The average Bonchev–Trinajstić information content (AvgIpc) is 2.75. The molecule has 1 aliphatic rings. The molecular weight excluding hydrogens is 378 g/mol. The first-order chi connectivity index (χ1) is 14.6. The summed E-state index contributed by atoms with van der Waals surface area (Å²) in [6.07, 6.45) is 3.07. The fourth-order valence-electron chi connectivity index (χ4n) is 4.12. The molecule has 1 N–H and O–H groups in total. The lowest BCUT2D eigenvalue weighted by Gasteiger charge is -2.21. The molecule has 3 aromatic rings. The van der Waals surface area contributed by atoms with Crippen LogP contribution in [0.15, 0.2) is 58.9 Å². The molecule has 0 bridgehead atoms. The number of fused-ring (bicyclic) bond motifs is 2. The fourth-order valence-corrected chi connectivity index (χ4v) is 4.12. The number of nitrogens with one attached hydrogen (secondary N) is 1. The van der Waals surface area contributed by atoms with Gasteiger partial charge in [0.05, 0.1) is 19.3 Å². The molecule has 154 valence electrons. The molecule has 0 fully saturated rings. The Balaban J connectivity index is 2.10. The minimum atomic E-state index is -0.352. The summed E-state index contributed by atoms with van der Waals surface area (Å²) in [6, 6.07) is 15.1. The summed E-state index contributed by atoms with van der Waals surface area (Å²) < 4.78 is 10.7. The Morgan fingerprint density at radius 2 is 1.83 bits per heavy atom. The summed E-state index contributed by atoms with van der Waals surface area (Å²) in [5.74, 6) is 0.268. The standard InChI is InChI=1S/C25H25NO4/c1-3-30-25(28)18-11-7-8-12-21-23(22(18)16-9-5-4-6-10-16)24(27)19-15-17(29-2)13-14-20(19)26-21/h4-6,9-10,13-15H,3,7-8,11-12H2,1-2H3,(H,26,27)/b22-18+. The van der Waals surface area contributed by atoms with Gasteiger partial charge in [-0.1, -0.05) is 30.3 Å². The van der Waals surface area contributed by atoms with E-state index in [2.05, 4.69) is 4.98 Å². The number of carbonyl (C=O) groups is 1. The molecule has 1 aromatic heterocycles. The molecule has 0 radical (unpaired) electrons. The van der Waals surface area contributed by atoms with Crippen LogP contribution in [0, 0.1) is 0 Å². The van der Waals surface area contributed by atoms with Crippen molar-refractivity contribution in [2.45, 2.75) is 32.6 Å². The molecule has 5 heteroatoms. The average molecular weight is 403 g/mol. The summed E-state index contributed by atoms with van der Waals surface area (Å²) in [7, 11) is 1.58. The largest absolute Gasteiger partial charge is 0.497 e. The Kier molecular flexibility index (Phi) is 5.70. The van der Waals surface area contributed by atoms with Crippen LogP contribution in [0.25, 0.3) is 16.5 Å². The number of aromatic amines is 1. The van der Waals surface area contributed by atoms with Gasteiger partial charge in [0.2, 0.25) is 0 Å². The van der Waals surface area contributed by atoms with Crippen LogP contribution in [0.4, 0.5) is 0 Å². The highest BCUT2D eigenvalue weighted by atomic mass is 16.5. The number of aryl methyl sites for hydroxylation is 1. The molecule has 0 atom stereocenters. The van der Waals surface area contributed by atoms with Crippen molar-refractivity contribution in [2.24, 2.45) is 0 Å². The third-order valence-electron chi connectivity index (χ3n) is 5.53.